The molecule has 10 nitrogen and oxygen atoms in total. The number of carbonyl (C=O) groups excluding carboxylic acids is 1. The molecule has 3 N–H and O–H groups in total. The highest BCUT2D eigenvalue weighted by atomic mass is 16.1. The standard InChI is InChI=1S/C25H19N9O/c1-2-21(35)30-15-9-14(11-26-12-15)19-10-17-20(13-29-19)33-34-23(17)25-31-22-16(6-8-28-24(22)32-25)18-5-3-4-7-27-18/h3-13H,2H2,1H3,(H,30,35)(H,33,34)(H,28,31,32). The van der Waals surface area contributed by atoms with Gasteiger partial charge in [0.05, 0.1) is 40.5 Å². The van der Waals surface area contributed by atoms with Crippen LogP contribution in [-0.2, 0) is 4.79 Å². The van der Waals surface area contributed by atoms with Crippen LogP contribution in [0, 0.1) is 0 Å². The van der Waals surface area contributed by atoms with Crippen molar-refractivity contribution in [1.82, 2.24) is 40.1 Å². The summed E-state index contributed by atoms with van der Waals surface area (Å²) in [7, 11) is 0. The lowest BCUT2D eigenvalue weighted by molar-refractivity contribution is -0.115. The number of nitrogens with zero attached hydrogens (tertiary/aromatic N) is 6. The number of carbonyl (C=O) groups is 1. The maximum absolute atomic E-state index is 11.8. The average molecular weight is 461 g/mol. The number of hydrogen-bond acceptors (Lipinski definition) is 7. The molecule has 6 aromatic heterocycles. The van der Waals surface area contributed by atoms with Crippen molar-refractivity contribution in [1.29, 1.82) is 0 Å². The molecule has 0 aliphatic heterocycles. The Balaban J connectivity index is 1.43. The molecule has 0 saturated heterocycles. The van der Waals surface area contributed by atoms with E-state index in [-0.39, 0.29) is 5.91 Å². The van der Waals surface area contributed by atoms with Gasteiger partial charge in [-0.05, 0) is 30.3 Å². The summed E-state index contributed by atoms with van der Waals surface area (Å²) in [5.41, 5.74) is 6.62. The van der Waals surface area contributed by atoms with Gasteiger partial charge in [0.2, 0.25) is 5.91 Å². The number of nitrogens with one attached hydrogen (secondary N) is 3. The lowest BCUT2D eigenvalue weighted by Gasteiger charge is -2.06. The summed E-state index contributed by atoms with van der Waals surface area (Å²) in [6.45, 7) is 1.80. The number of aromatic nitrogens is 8. The Kier molecular flexibility index (Phi) is 4.95. The molecule has 0 bridgehead atoms. The molecule has 0 aliphatic carbocycles. The quantitative estimate of drug-likeness (QED) is 0.346. The summed E-state index contributed by atoms with van der Waals surface area (Å²) < 4.78 is 0. The second-order valence-corrected chi connectivity index (χ2v) is 7.91. The maximum Gasteiger partial charge on any atom is 0.224 e. The van der Waals surface area contributed by atoms with Crippen LogP contribution in [0.3, 0.4) is 0 Å². The van der Waals surface area contributed by atoms with Crippen molar-refractivity contribution in [3.63, 3.8) is 0 Å². The van der Waals surface area contributed by atoms with Crippen LogP contribution in [0.15, 0.2) is 67.4 Å². The number of pyridine rings is 4. The number of rotatable bonds is 5. The third-order valence-corrected chi connectivity index (χ3v) is 5.64. The molecule has 10 heteroatoms. The summed E-state index contributed by atoms with van der Waals surface area (Å²) >= 11 is 0. The van der Waals surface area contributed by atoms with Crippen LogP contribution >= 0.6 is 0 Å². The van der Waals surface area contributed by atoms with Gasteiger partial charge in [-0.15, -0.1) is 0 Å². The van der Waals surface area contributed by atoms with E-state index in [1.54, 1.807) is 37.9 Å². The van der Waals surface area contributed by atoms with Gasteiger partial charge < -0.3 is 10.3 Å². The Morgan fingerprint density at radius 1 is 1.00 bits per heavy atom. The van der Waals surface area contributed by atoms with Crippen LogP contribution in [0.4, 0.5) is 5.69 Å². The molecule has 6 aromatic rings. The van der Waals surface area contributed by atoms with Crippen LogP contribution in [0.2, 0.25) is 0 Å². The lowest BCUT2D eigenvalue weighted by Crippen LogP contribution is -2.09. The van der Waals surface area contributed by atoms with Crippen molar-refractivity contribution in [2.75, 3.05) is 5.32 Å². The van der Waals surface area contributed by atoms with E-state index >= 15 is 0 Å². The minimum absolute atomic E-state index is 0.0759. The smallest absolute Gasteiger partial charge is 0.224 e. The molecule has 35 heavy (non-hydrogen) atoms. The van der Waals surface area contributed by atoms with E-state index in [4.69, 9.17) is 4.98 Å². The van der Waals surface area contributed by atoms with Gasteiger partial charge in [0.15, 0.2) is 11.5 Å². The first-order chi connectivity index (χ1) is 17.2. The van der Waals surface area contributed by atoms with E-state index < -0.39 is 0 Å². The molecule has 0 atom stereocenters. The van der Waals surface area contributed by atoms with Gasteiger partial charge in [-0.25, -0.2) is 9.97 Å². The lowest BCUT2D eigenvalue weighted by atomic mass is 10.1. The Labute approximate surface area is 198 Å². The maximum atomic E-state index is 11.8. The SMILES string of the molecule is CCC(=O)Nc1cncc(-c2cc3c(-c4nc5nccc(-c6ccccn6)c5[nH]4)n[nH]c3cn2)c1. The molecule has 0 aromatic carbocycles. The monoisotopic (exact) mass is 461 g/mol. The number of amides is 1. The van der Waals surface area contributed by atoms with Crippen molar-refractivity contribution in [3.8, 4) is 34.0 Å². The predicted octanol–water partition coefficient (Wildman–Crippen LogP) is 4.37. The third-order valence-electron chi connectivity index (χ3n) is 5.64. The van der Waals surface area contributed by atoms with Crippen LogP contribution < -0.4 is 5.32 Å². The summed E-state index contributed by atoms with van der Waals surface area (Å²) in [4.78, 5) is 37.5. The van der Waals surface area contributed by atoms with Crippen LogP contribution in [0.1, 0.15) is 13.3 Å². The van der Waals surface area contributed by atoms with E-state index in [2.05, 4.69) is 40.4 Å². The van der Waals surface area contributed by atoms with Gasteiger partial charge in [-0.3, -0.25) is 24.8 Å². The van der Waals surface area contributed by atoms with Crippen LogP contribution in [0.5, 0.6) is 0 Å². The number of hydrogen-bond donors (Lipinski definition) is 3. The molecule has 0 unspecified atom stereocenters. The molecule has 6 heterocycles. The van der Waals surface area contributed by atoms with Gasteiger partial charge in [-0.2, -0.15) is 5.10 Å². The van der Waals surface area contributed by atoms with E-state index in [1.165, 1.54) is 0 Å². The zero-order valence-corrected chi connectivity index (χ0v) is 18.6. The number of imidazole rings is 1. The molecule has 1 amide bonds. The normalized spacial score (nSPS) is 11.2. The second kappa shape index (κ2) is 8.41. The molecular formula is C25H19N9O. The van der Waals surface area contributed by atoms with Crippen molar-refractivity contribution in [2.24, 2.45) is 0 Å². The van der Waals surface area contributed by atoms with E-state index in [1.807, 2.05) is 36.4 Å². The van der Waals surface area contributed by atoms with Gasteiger partial charge in [0.1, 0.15) is 5.69 Å². The van der Waals surface area contributed by atoms with Crippen LogP contribution in [0.25, 0.3) is 56.1 Å². The Bertz CT molecular complexity index is 1690. The number of anilines is 1. The Morgan fingerprint density at radius 3 is 2.80 bits per heavy atom. The number of aromatic amines is 2. The van der Waals surface area contributed by atoms with Crippen molar-refractivity contribution in [3.05, 3.63) is 67.4 Å². The van der Waals surface area contributed by atoms with E-state index in [9.17, 15) is 4.79 Å². The zero-order chi connectivity index (χ0) is 23.8. The summed E-state index contributed by atoms with van der Waals surface area (Å²) in [6.07, 6.45) is 8.91. The largest absolute Gasteiger partial charge is 0.335 e. The van der Waals surface area contributed by atoms with Gasteiger partial charge in [0.25, 0.3) is 0 Å². The third kappa shape index (κ3) is 3.76. The number of fused-ring (bicyclic) bond motifs is 2. The fourth-order valence-electron chi connectivity index (χ4n) is 3.91. The summed E-state index contributed by atoms with van der Waals surface area (Å²) in [6, 6.07) is 11.5. The fraction of sp³-hybridized carbons (Fsp3) is 0.0800. The van der Waals surface area contributed by atoms with E-state index in [0.29, 0.717) is 35.0 Å². The molecule has 170 valence electrons. The fourth-order valence-corrected chi connectivity index (χ4v) is 3.91. The highest BCUT2D eigenvalue weighted by Crippen LogP contribution is 2.31. The molecular weight excluding hydrogens is 442 g/mol. The second-order valence-electron chi connectivity index (χ2n) is 7.91. The predicted molar refractivity (Wildman–Crippen MR) is 132 cm³/mol. The number of H-pyrrole nitrogens is 2. The highest BCUT2D eigenvalue weighted by molar-refractivity contribution is 5.96. The topological polar surface area (TPSA) is 138 Å². The molecule has 0 radical (unpaired) electrons. The molecule has 0 aliphatic rings. The Morgan fingerprint density at radius 2 is 1.94 bits per heavy atom. The summed E-state index contributed by atoms with van der Waals surface area (Å²) in [5, 5.41) is 11.2. The van der Waals surface area contributed by atoms with Crippen LogP contribution in [-0.4, -0.2) is 46.0 Å². The summed E-state index contributed by atoms with van der Waals surface area (Å²) in [5.74, 6) is 0.509. The highest BCUT2D eigenvalue weighted by Gasteiger charge is 2.17. The van der Waals surface area contributed by atoms with Gasteiger partial charge in [0, 0.05) is 41.5 Å². The zero-order valence-electron chi connectivity index (χ0n) is 18.6. The van der Waals surface area contributed by atoms with Crippen molar-refractivity contribution < 1.29 is 4.79 Å². The first-order valence-corrected chi connectivity index (χ1v) is 11.1. The average Bonchev–Trinajstić information content (AvgIpc) is 3.53. The van der Waals surface area contributed by atoms with Gasteiger partial charge in [-0.1, -0.05) is 13.0 Å². The van der Waals surface area contributed by atoms with Gasteiger partial charge >= 0.3 is 0 Å². The molecule has 6 rings (SSSR count). The van der Waals surface area contributed by atoms with Crippen molar-refractivity contribution >= 4 is 33.7 Å². The first-order valence-electron chi connectivity index (χ1n) is 11.1. The minimum atomic E-state index is -0.0759. The first kappa shape index (κ1) is 20.6. The Hall–Kier alpha value is -4.99. The molecule has 0 fully saturated rings. The molecule has 0 saturated carbocycles. The van der Waals surface area contributed by atoms with Crippen molar-refractivity contribution in [2.45, 2.75) is 13.3 Å². The molecule has 0 spiro atoms. The minimum Gasteiger partial charge on any atom is -0.335 e. The van der Waals surface area contributed by atoms with E-state index in [0.717, 1.165) is 33.2 Å².